The van der Waals surface area contributed by atoms with Crippen LogP contribution in [0.1, 0.15) is 17.3 Å². The van der Waals surface area contributed by atoms with E-state index in [1.54, 1.807) is 30.3 Å². The first-order valence-corrected chi connectivity index (χ1v) is 9.19. The summed E-state index contributed by atoms with van der Waals surface area (Å²) in [5, 5.41) is 5.52. The first kappa shape index (κ1) is 20.2. The van der Waals surface area contributed by atoms with Crippen molar-refractivity contribution in [2.24, 2.45) is 0 Å². The van der Waals surface area contributed by atoms with E-state index >= 15 is 0 Å². The number of urea groups is 1. The van der Waals surface area contributed by atoms with Crippen LogP contribution in [0.3, 0.4) is 0 Å². The van der Waals surface area contributed by atoms with Gasteiger partial charge in [0, 0.05) is 29.5 Å². The smallest absolute Gasteiger partial charge is 0.323 e. The molecule has 0 heterocycles. The number of nitrogens with one attached hydrogen (secondary N) is 2. The van der Waals surface area contributed by atoms with Crippen molar-refractivity contribution in [1.82, 2.24) is 4.90 Å². The maximum absolute atomic E-state index is 12.2. The van der Waals surface area contributed by atoms with Crippen LogP contribution in [0.15, 0.2) is 42.5 Å². The number of amides is 2. The van der Waals surface area contributed by atoms with Gasteiger partial charge in [-0.1, -0.05) is 0 Å². The molecule has 2 aromatic rings. The van der Waals surface area contributed by atoms with Crippen molar-refractivity contribution in [2.75, 3.05) is 37.9 Å². The van der Waals surface area contributed by atoms with Gasteiger partial charge in [-0.2, -0.15) is 0 Å². The second-order valence-corrected chi connectivity index (χ2v) is 7.17. The Kier molecular flexibility index (Phi) is 7.40. The SMILES string of the molecule is CC(=O)c1ccc(NC(=O)Nc2ccc(I)c(OCCN(C)C)c2)cc1. The van der Waals surface area contributed by atoms with Gasteiger partial charge < -0.3 is 20.3 Å². The Balaban J connectivity index is 1.96. The zero-order valence-electron chi connectivity index (χ0n) is 15.0. The van der Waals surface area contributed by atoms with Crippen molar-refractivity contribution < 1.29 is 14.3 Å². The highest BCUT2D eigenvalue weighted by atomic mass is 127. The Bertz CT molecular complexity index is 776. The van der Waals surface area contributed by atoms with Gasteiger partial charge in [0.05, 0.1) is 3.57 Å². The van der Waals surface area contributed by atoms with Gasteiger partial charge in [0.25, 0.3) is 0 Å². The fourth-order valence-electron chi connectivity index (χ4n) is 2.11. The molecule has 0 radical (unpaired) electrons. The van der Waals surface area contributed by atoms with Gasteiger partial charge in [-0.3, -0.25) is 4.79 Å². The van der Waals surface area contributed by atoms with Crippen LogP contribution in [0.2, 0.25) is 0 Å². The van der Waals surface area contributed by atoms with Crippen molar-refractivity contribution in [3.05, 3.63) is 51.6 Å². The molecule has 7 heteroatoms. The van der Waals surface area contributed by atoms with Crippen molar-refractivity contribution >= 4 is 45.8 Å². The lowest BCUT2D eigenvalue weighted by atomic mass is 10.1. The highest BCUT2D eigenvalue weighted by Crippen LogP contribution is 2.25. The zero-order valence-corrected chi connectivity index (χ0v) is 17.2. The first-order chi connectivity index (χ1) is 12.3. The lowest BCUT2D eigenvalue weighted by molar-refractivity contribution is 0.101. The molecule has 2 N–H and O–H groups in total. The number of hydrogen-bond acceptors (Lipinski definition) is 4. The summed E-state index contributed by atoms with van der Waals surface area (Å²) in [7, 11) is 3.97. The van der Waals surface area contributed by atoms with Crippen LogP contribution in [0.4, 0.5) is 16.2 Å². The number of Topliss-reactive ketones (excluding diaryl/α,β-unsaturated/α-hetero) is 1. The molecular formula is C19H22IN3O3. The van der Waals surface area contributed by atoms with Crippen LogP contribution in [0.5, 0.6) is 5.75 Å². The number of carbonyl (C=O) groups excluding carboxylic acids is 2. The second-order valence-electron chi connectivity index (χ2n) is 6.01. The minimum Gasteiger partial charge on any atom is -0.491 e. The largest absolute Gasteiger partial charge is 0.491 e. The number of anilines is 2. The highest BCUT2D eigenvalue weighted by Gasteiger charge is 2.07. The van der Waals surface area contributed by atoms with E-state index in [0.29, 0.717) is 23.5 Å². The molecular weight excluding hydrogens is 445 g/mol. The average Bonchev–Trinajstić information content (AvgIpc) is 2.57. The summed E-state index contributed by atoms with van der Waals surface area (Å²) in [6, 6.07) is 11.9. The van der Waals surface area contributed by atoms with Gasteiger partial charge >= 0.3 is 6.03 Å². The lowest BCUT2D eigenvalue weighted by Crippen LogP contribution is -2.20. The van der Waals surface area contributed by atoms with Gasteiger partial charge in [-0.25, -0.2) is 4.79 Å². The Labute approximate surface area is 167 Å². The Morgan fingerprint density at radius 2 is 1.65 bits per heavy atom. The van der Waals surface area contributed by atoms with Gasteiger partial charge in [-0.15, -0.1) is 0 Å². The van der Waals surface area contributed by atoms with Crippen molar-refractivity contribution in [3.63, 3.8) is 0 Å². The minimum atomic E-state index is -0.360. The standard InChI is InChI=1S/C19H22IN3O3/c1-13(24)14-4-6-15(7-5-14)21-19(25)22-16-8-9-17(20)18(12-16)26-11-10-23(2)3/h4-9,12H,10-11H2,1-3H3,(H2,21,22,25). The molecule has 0 bridgehead atoms. The maximum Gasteiger partial charge on any atom is 0.323 e. The van der Waals surface area contributed by atoms with E-state index in [1.165, 1.54) is 6.92 Å². The number of halogens is 1. The predicted octanol–water partition coefficient (Wildman–Crippen LogP) is 4.08. The molecule has 0 aromatic heterocycles. The van der Waals surface area contributed by atoms with Gasteiger partial charge in [-0.05, 0) is 80.0 Å². The van der Waals surface area contributed by atoms with Gasteiger partial charge in [0.1, 0.15) is 12.4 Å². The van der Waals surface area contributed by atoms with E-state index in [2.05, 4.69) is 33.2 Å². The van der Waals surface area contributed by atoms with E-state index in [4.69, 9.17) is 4.74 Å². The summed E-state index contributed by atoms with van der Waals surface area (Å²) in [5.41, 5.74) is 1.86. The van der Waals surface area contributed by atoms with Crippen LogP contribution >= 0.6 is 22.6 Å². The maximum atomic E-state index is 12.2. The zero-order chi connectivity index (χ0) is 19.1. The van der Waals surface area contributed by atoms with Crippen LogP contribution < -0.4 is 15.4 Å². The molecule has 0 aliphatic rings. The molecule has 2 aromatic carbocycles. The number of hydrogen-bond donors (Lipinski definition) is 2. The highest BCUT2D eigenvalue weighted by molar-refractivity contribution is 14.1. The number of benzene rings is 2. The Hall–Kier alpha value is -2.13. The predicted molar refractivity (Wildman–Crippen MR) is 112 cm³/mol. The van der Waals surface area contributed by atoms with E-state index < -0.39 is 0 Å². The summed E-state index contributed by atoms with van der Waals surface area (Å²) in [6.45, 7) is 2.88. The fraction of sp³-hybridized carbons (Fsp3) is 0.263. The third-order valence-electron chi connectivity index (χ3n) is 3.53. The van der Waals surface area contributed by atoms with Crippen LogP contribution in [0.25, 0.3) is 0 Å². The molecule has 0 spiro atoms. The molecule has 0 saturated carbocycles. The number of ketones is 1. The third-order valence-corrected chi connectivity index (χ3v) is 4.43. The topological polar surface area (TPSA) is 70.7 Å². The molecule has 0 aliphatic heterocycles. The molecule has 0 aliphatic carbocycles. The number of rotatable bonds is 7. The summed E-state index contributed by atoms with van der Waals surface area (Å²) in [4.78, 5) is 25.5. The number of carbonyl (C=O) groups is 2. The third kappa shape index (κ3) is 6.30. The molecule has 6 nitrogen and oxygen atoms in total. The Morgan fingerprint density at radius 3 is 2.27 bits per heavy atom. The lowest BCUT2D eigenvalue weighted by Gasteiger charge is -2.14. The van der Waals surface area contributed by atoms with Crippen molar-refractivity contribution in [2.45, 2.75) is 6.92 Å². The van der Waals surface area contributed by atoms with E-state index in [-0.39, 0.29) is 11.8 Å². The second kappa shape index (κ2) is 9.54. The van der Waals surface area contributed by atoms with Gasteiger partial charge in [0.2, 0.25) is 0 Å². The molecule has 0 fully saturated rings. The molecule has 138 valence electrons. The van der Waals surface area contributed by atoms with Crippen LogP contribution in [-0.4, -0.2) is 44.0 Å². The molecule has 2 amide bonds. The van der Waals surface area contributed by atoms with E-state index in [1.807, 2.05) is 31.1 Å². The van der Waals surface area contributed by atoms with E-state index in [0.717, 1.165) is 15.9 Å². The monoisotopic (exact) mass is 467 g/mol. The normalized spacial score (nSPS) is 10.5. The molecule has 0 saturated heterocycles. The molecule has 0 unspecified atom stereocenters. The summed E-state index contributed by atoms with van der Waals surface area (Å²) in [5.74, 6) is 0.720. The first-order valence-electron chi connectivity index (χ1n) is 8.11. The van der Waals surface area contributed by atoms with Crippen LogP contribution in [-0.2, 0) is 0 Å². The van der Waals surface area contributed by atoms with Crippen LogP contribution in [0, 0.1) is 3.57 Å². The number of nitrogens with zero attached hydrogens (tertiary/aromatic N) is 1. The molecule has 26 heavy (non-hydrogen) atoms. The average molecular weight is 467 g/mol. The Morgan fingerprint density at radius 1 is 1.04 bits per heavy atom. The molecule has 0 atom stereocenters. The summed E-state index contributed by atoms with van der Waals surface area (Å²) in [6.07, 6.45) is 0. The fourth-order valence-corrected chi connectivity index (χ4v) is 2.60. The van der Waals surface area contributed by atoms with Gasteiger partial charge in [0.15, 0.2) is 5.78 Å². The van der Waals surface area contributed by atoms with Crippen molar-refractivity contribution in [1.29, 1.82) is 0 Å². The summed E-state index contributed by atoms with van der Waals surface area (Å²) < 4.78 is 6.75. The quantitative estimate of drug-likeness (QED) is 0.476. The van der Waals surface area contributed by atoms with E-state index in [9.17, 15) is 9.59 Å². The number of ether oxygens (including phenoxy) is 1. The number of likely N-dealkylation sites (N-methyl/N-ethyl adjacent to an activating group) is 1. The van der Waals surface area contributed by atoms with Crippen molar-refractivity contribution in [3.8, 4) is 5.75 Å². The molecule has 2 rings (SSSR count). The minimum absolute atomic E-state index is 0.0123. The summed E-state index contributed by atoms with van der Waals surface area (Å²) >= 11 is 2.20.